The van der Waals surface area contributed by atoms with Crippen LogP contribution in [0.1, 0.15) is 52.7 Å². The Labute approximate surface area is 135 Å². The Hall–Kier alpha value is -1.94. The molecule has 2 aromatic rings. The van der Waals surface area contributed by atoms with Crippen LogP contribution in [0.2, 0.25) is 0 Å². The minimum Gasteiger partial charge on any atom is -0.326 e. The zero-order chi connectivity index (χ0) is 16.1. The van der Waals surface area contributed by atoms with Crippen molar-refractivity contribution in [3.8, 4) is 0 Å². The largest absolute Gasteiger partial charge is 0.326 e. The molecule has 0 bridgehead atoms. The number of Topliss-reactive ketones (excluding diaryl/α,β-unsaturated/α-hetero) is 1. The summed E-state index contributed by atoms with van der Waals surface area (Å²) in [6.45, 7) is 6.15. The van der Waals surface area contributed by atoms with Crippen molar-refractivity contribution in [1.82, 2.24) is 0 Å². The lowest BCUT2D eigenvalue weighted by molar-refractivity contribution is -0.116. The zero-order valence-electron chi connectivity index (χ0n) is 13.2. The molecule has 0 aliphatic carbocycles. The first-order valence-electron chi connectivity index (χ1n) is 7.46. The van der Waals surface area contributed by atoms with E-state index in [2.05, 4.69) is 19.2 Å². The van der Waals surface area contributed by atoms with Crippen molar-refractivity contribution in [2.24, 2.45) is 0 Å². The van der Waals surface area contributed by atoms with Gasteiger partial charge in [-0.05, 0) is 36.6 Å². The second kappa shape index (κ2) is 7.36. The number of aryl methyl sites for hydroxylation is 1. The zero-order valence-corrected chi connectivity index (χ0v) is 14.0. The summed E-state index contributed by atoms with van der Waals surface area (Å²) in [7, 11) is 0. The van der Waals surface area contributed by atoms with E-state index in [9.17, 15) is 9.59 Å². The smallest absolute Gasteiger partial charge is 0.224 e. The summed E-state index contributed by atoms with van der Waals surface area (Å²) in [5, 5.41) is 2.92. The Morgan fingerprint density at radius 2 is 1.82 bits per heavy atom. The highest BCUT2D eigenvalue weighted by molar-refractivity contribution is 7.14. The Kier molecular flexibility index (Phi) is 5.50. The van der Waals surface area contributed by atoms with E-state index in [-0.39, 0.29) is 24.5 Å². The van der Waals surface area contributed by atoms with Crippen LogP contribution < -0.4 is 5.32 Å². The van der Waals surface area contributed by atoms with Gasteiger partial charge in [-0.15, -0.1) is 11.3 Å². The molecule has 1 amide bonds. The molecule has 0 aliphatic heterocycles. The molecule has 0 saturated heterocycles. The maximum Gasteiger partial charge on any atom is 0.224 e. The third-order valence-electron chi connectivity index (χ3n) is 3.45. The first kappa shape index (κ1) is 16.4. The molecular weight excluding hydrogens is 294 g/mol. The van der Waals surface area contributed by atoms with Gasteiger partial charge in [0.1, 0.15) is 0 Å². The summed E-state index contributed by atoms with van der Waals surface area (Å²) >= 11 is 1.48. The fraction of sp³-hybridized carbons (Fsp3) is 0.333. The standard InChI is InChI=1S/C18H21NO2S/c1-12(2)14-6-4-5-7-15(14)19-18(21)11-9-16(20)17-10-8-13(3)22-17/h4-8,10,12H,9,11H2,1-3H3,(H,19,21). The molecular formula is C18H21NO2S. The number of para-hydroxylation sites is 1. The number of hydrogen-bond acceptors (Lipinski definition) is 3. The molecule has 116 valence electrons. The van der Waals surface area contributed by atoms with Crippen LogP contribution in [0.3, 0.4) is 0 Å². The lowest BCUT2D eigenvalue weighted by Crippen LogP contribution is -2.14. The summed E-state index contributed by atoms with van der Waals surface area (Å²) in [5.41, 5.74) is 1.94. The lowest BCUT2D eigenvalue weighted by Gasteiger charge is -2.13. The van der Waals surface area contributed by atoms with Crippen LogP contribution in [-0.2, 0) is 4.79 Å². The molecule has 3 nitrogen and oxygen atoms in total. The Bertz CT molecular complexity index is 673. The van der Waals surface area contributed by atoms with Gasteiger partial charge in [0.05, 0.1) is 4.88 Å². The number of anilines is 1. The summed E-state index contributed by atoms with van der Waals surface area (Å²) in [6.07, 6.45) is 0.456. The van der Waals surface area contributed by atoms with Crippen molar-refractivity contribution in [3.05, 3.63) is 51.7 Å². The SMILES string of the molecule is Cc1ccc(C(=O)CCC(=O)Nc2ccccc2C(C)C)s1. The Morgan fingerprint density at radius 1 is 1.09 bits per heavy atom. The van der Waals surface area contributed by atoms with Crippen LogP contribution >= 0.6 is 11.3 Å². The summed E-state index contributed by atoms with van der Waals surface area (Å²) in [4.78, 5) is 25.9. The number of amides is 1. The van der Waals surface area contributed by atoms with Crippen molar-refractivity contribution in [2.45, 2.75) is 39.5 Å². The third kappa shape index (κ3) is 4.28. The van der Waals surface area contributed by atoms with E-state index in [1.54, 1.807) is 0 Å². The van der Waals surface area contributed by atoms with Gasteiger partial charge in [-0.1, -0.05) is 32.0 Å². The molecule has 0 atom stereocenters. The van der Waals surface area contributed by atoms with E-state index in [4.69, 9.17) is 0 Å². The van der Waals surface area contributed by atoms with Crippen LogP contribution in [0.15, 0.2) is 36.4 Å². The number of rotatable bonds is 6. The number of carbonyl (C=O) groups is 2. The average molecular weight is 315 g/mol. The quantitative estimate of drug-likeness (QED) is 0.780. The second-order valence-electron chi connectivity index (χ2n) is 5.62. The monoisotopic (exact) mass is 315 g/mol. The highest BCUT2D eigenvalue weighted by Crippen LogP contribution is 2.24. The molecule has 0 fully saturated rings. The minimum absolute atomic E-state index is 0.0328. The molecule has 1 aromatic heterocycles. The summed E-state index contributed by atoms with van der Waals surface area (Å²) in [5.74, 6) is 0.257. The van der Waals surface area contributed by atoms with Crippen LogP contribution in [0, 0.1) is 6.92 Å². The maximum atomic E-state index is 12.1. The van der Waals surface area contributed by atoms with Crippen molar-refractivity contribution in [1.29, 1.82) is 0 Å². The van der Waals surface area contributed by atoms with Crippen LogP contribution in [0.4, 0.5) is 5.69 Å². The third-order valence-corrected chi connectivity index (χ3v) is 4.49. The molecule has 2 rings (SSSR count). The van der Waals surface area contributed by atoms with Crippen molar-refractivity contribution < 1.29 is 9.59 Å². The number of carbonyl (C=O) groups excluding carboxylic acids is 2. The van der Waals surface area contributed by atoms with Gasteiger partial charge >= 0.3 is 0 Å². The summed E-state index contributed by atoms with van der Waals surface area (Å²) in [6, 6.07) is 11.5. The van der Waals surface area contributed by atoms with E-state index < -0.39 is 0 Å². The molecule has 0 saturated carbocycles. The predicted molar refractivity (Wildman–Crippen MR) is 91.8 cm³/mol. The first-order chi connectivity index (χ1) is 10.5. The average Bonchev–Trinajstić information content (AvgIpc) is 2.92. The first-order valence-corrected chi connectivity index (χ1v) is 8.27. The highest BCUT2D eigenvalue weighted by Gasteiger charge is 2.13. The van der Waals surface area contributed by atoms with E-state index >= 15 is 0 Å². The number of hydrogen-bond donors (Lipinski definition) is 1. The van der Waals surface area contributed by atoms with E-state index in [0.717, 1.165) is 21.0 Å². The van der Waals surface area contributed by atoms with E-state index in [0.29, 0.717) is 5.92 Å². The van der Waals surface area contributed by atoms with Gasteiger partial charge in [-0.2, -0.15) is 0 Å². The Balaban J connectivity index is 1.92. The van der Waals surface area contributed by atoms with Gasteiger partial charge < -0.3 is 5.32 Å². The fourth-order valence-corrected chi connectivity index (χ4v) is 3.10. The molecule has 1 aromatic carbocycles. The van der Waals surface area contributed by atoms with Gasteiger partial charge in [0, 0.05) is 23.4 Å². The number of ketones is 1. The highest BCUT2D eigenvalue weighted by atomic mass is 32.1. The van der Waals surface area contributed by atoms with Crippen LogP contribution in [0.5, 0.6) is 0 Å². The predicted octanol–water partition coefficient (Wildman–Crippen LogP) is 4.78. The molecule has 0 unspecified atom stereocenters. The molecule has 0 spiro atoms. The van der Waals surface area contributed by atoms with E-state index in [1.165, 1.54) is 11.3 Å². The second-order valence-corrected chi connectivity index (χ2v) is 6.91. The lowest BCUT2D eigenvalue weighted by atomic mass is 10.0. The van der Waals surface area contributed by atoms with Gasteiger partial charge in [-0.3, -0.25) is 9.59 Å². The van der Waals surface area contributed by atoms with Gasteiger partial charge in [0.15, 0.2) is 5.78 Å². The van der Waals surface area contributed by atoms with Crippen LogP contribution in [0.25, 0.3) is 0 Å². The minimum atomic E-state index is -0.116. The van der Waals surface area contributed by atoms with Gasteiger partial charge in [0.2, 0.25) is 5.91 Å². The number of benzene rings is 1. The van der Waals surface area contributed by atoms with Gasteiger partial charge in [-0.25, -0.2) is 0 Å². The maximum absolute atomic E-state index is 12.1. The summed E-state index contributed by atoms with van der Waals surface area (Å²) < 4.78 is 0. The molecule has 22 heavy (non-hydrogen) atoms. The molecule has 0 aliphatic rings. The molecule has 1 N–H and O–H groups in total. The Morgan fingerprint density at radius 3 is 2.45 bits per heavy atom. The van der Waals surface area contributed by atoms with E-state index in [1.807, 2.05) is 43.3 Å². The van der Waals surface area contributed by atoms with Gasteiger partial charge in [0.25, 0.3) is 0 Å². The number of thiophene rings is 1. The van der Waals surface area contributed by atoms with Crippen molar-refractivity contribution in [3.63, 3.8) is 0 Å². The number of nitrogens with one attached hydrogen (secondary N) is 1. The van der Waals surface area contributed by atoms with Crippen LogP contribution in [-0.4, -0.2) is 11.7 Å². The fourth-order valence-electron chi connectivity index (χ4n) is 2.26. The molecule has 0 radical (unpaired) electrons. The molecule has 1 heterocycles. The van der Waals surface area contributed by atoms with Crippen molar-refractivity contribution >= 4 is 28.7 Å². The topological polar surface area (TPSA) is 46.2 Å². The van der Waals surface area contributed by atoms with Crippen molar-refractivity contribution in [2.75, 3.05) is 5.32 Å². The molecule has 4 heteroatoms. The normalized spacial score (nSPS) is 10.7.